The van der Waals surface area contributed by atoms with E-state index in [1.165, 1.54) is 10.9 Å². The summed E-state index contributed by atoms with van der Waals surface area (Å²) in [5.41, 5.74) is 6.57. The van der Waals surface area contributed by atoms with E-state index in [9.17, 15) is 15.3 Å². The largest absolute Gasteiger partial charge is 0.481 e. The number of para-hydroxylation sites is 1. The predicted octanol–water partition coefficient (Wildman–Crippen LogP) is -0.550. The molecule has 0 aliphatic carbocycles. The van der Waals surface area contributed by atoms with E-state index in [-0.39, 0.29) is 18.2 Å². The number of anilines is 1. The van der Waals surface area contributed by atoms with Gasteiger partial charge >= 0.3 is 0 Å². The van der Waals surface area contributed by atoms with Crippen LogP contribution in [0.2, 0.25) is 0 Å². The summed E-state index contributed by atoms with van der Waals surface area (Å²) in [7, 11) is 0. The molecule has 0 amide bonds. The number of aromatic nitrogens is 4. The van der Waals surface area contributed by atoms with Gasteiger partial charge < -0.3 is 30.5 Å². The van der Waals surface area contributed by atoms with Crippen molar-refractivity contribution in [1.29, 1.82) is 0 Å². The van der Waals surface area contributed by atoms with E-state index in [1.54, 1.807) is 0 Å². The first-order valence-electron chi connectivity index (χ1n) is 8.87. The monoisotopic (exact) mass is 397 g/mol. The SMILES string of the molecule is Nc1nc(C#CCOc2ccccc2)nc2c1ncn2C1OC(CO)C(O)C1O. The number of nitrogens with two attached hydrogens (primary N) is 1. The number of aliphatic hydroxyl groups excluding tert-OH is 3. The van der Waals surface area contributed by atoms with Gasteiger partial charge in [0.2, 0.25) is 5.82 Å². The summed E-state index contributed by atoms with van der Waals surface area (Å²) in [6.07, 6.45) is -3.03. The number of nitrogens with zero attached hydrogens (tertiary/aromatic N) is 4. The second-order valence-corrected chi connectivity index (χ2v) is 6.39. The zero-order valence-electron chi connectivity index (χ0n) is 15.2. The summed E-state index contributed by atoms with van der Waals surface area (Å²) >= 11 is 0. The molecule has 0 radical (unpaired) electrons. The van der Waals surface area contributed by atoms with Crippen LogP contribution in [-0.4, -0.2) is 66.4 Å². The quantitative estimate of drug-likeness (QED) is 0.425. The summed E-state index contributed by atoms with van der Waals surface area (Å²) in [5.74, 6) is 6.57. The maximum atomic E-state index is 10.3. The summed E-state index contributed by atoms with van der Waals surface area (Å²) in [6.45, 7) is -0.296. The van der Waals surface area contributed by atoms with Crippen LogP contribution in [0.3, 0.4) is 0 Å². The molecule has 1 aromatic carbocycles. The molecule has 3 heterocycles. The van der Waals surface area contributed by atoms with E-state index >= 15 is 0 Å². The molecule has 0 saturated carbocycles. The number of imidazole rings is 1. The molecule has 5 N–H and O–H groups in total. The van der Waals surface area contributed by atoms with Gasteiger partial charge in [-0.25, -0.2) is 15.0 Å². The van der Waals surface area contributed by atoms with Gasteiger partial charge in [-0.15, -0.1) is 0 Å². The summed E-state index contributed by atoms with van der Waals surface area (Å²) < 4.78 is 12.5. The Morgan fingerprint density at radius 3 is 2.69 bits per heavy atom. The van der Waals surface area contributed by atoms with E-state index < -0.39 is 31.1 Å². The molecule has 1 fully saturated rings. The zero-order valence-corrected chi connectivity index (χ0v) is 15.2. The fraction of sp³-hybridized carbons (Fsp3) is 0.316. The minimum atomic E-state index is -1.27. The number of nitrogen functional groups attached to an aromatic ring is 1. The van der Waals surface area contributed by atoms with Gasteiger partial charge in [0.15, 0.2) is 17.7 Å². The number of benzene rings is 1. The number of hydrogen-bond donors (Lipinski definition) is 4. The van der Waals surface area contributed by atoms with Gasteiger partial charge in [0, 0.05) is 0 Å². The molecule has 4 unspecified atom stereocenters. The Morgan fingerprint density at radius 2 is 1.97 bits per heavy atom. The summed E-state index contributed by atoms with van der Waals surface area (Å²) in [5, 5.41) is 29.5. The zero-order chi connectivity index (χ0) is 20.4. The van der Waals surface area contributed by atoms with E-state index in [0.29, 0.717) is 16.9 Å². The van der Waals surface area contributed by atoms with Crippen LogP contribution in [0.4, 0.5) is 5.82 Å². The highest BCUT2D eigenvalue weighted by atomic mass is 16.6. The maximum absolute atomic E-state index is 10.3. The highest BCUT2D eigenvalue weighted by Crippen LogP contribution is 2.31. The topological polar surface area (TPSA) is 149 Å². The van der Waals surface area contributed by atoms with Gasteiger partial charge in [0.1, 0.15) is 36.2 Å². The Bertz CT molecular complexity index is 1060. The molecule has 10 heteroatoms. The van der Waals surface area contributed by atoms with Crippen molar-refractivity contribution in [2.45, 2.75) is 24.5 Å². The Kier molecular flexibility index (Phi) is 5.28. The molecule has 2 aromatic heterocycles. The van der Waals surface area contributed by atoms with Crippen molar-refractivity contribution in [1.82, 2.24) is 19.5 Å². The van der Waals surface area contributed by atoms with Crippen LogP contribution in [0.5, 0.6) is 5.75 Å². The first kappa shape index (κ1) is 19.1. The van der Waals surface area contributed by atoms with Gasteiger partial charge in [-0.3, -0.25) is 4.57 Å². The Labute approximate surface area is 165 Å². The molecule has 3 aromatic rings. The number of fused-ring (bicyclic) bond motifs is 1. The average molecular weight is 397 g/mol. The van der Waals surface area contributed by atoms with Crippen LogP contribution >= 0.6 is 0 Å². The summed E-state index contributed by atoms with van der Waals surface area (Å²) in [4.78, 5) is 12.6. The maximum Gasteiger partial charge on any atom is 0.209 e. The van der Waals surface area contributed by atoms with Crippen LogP contribution in [0.25, 0.3) is 11.2 Å². The minimum Gasteiger partial charge on any atom is -0.481 e. The van der Waals surface area contributed by atoms with Crippen LogP contribution < -0.4 is 10.5 Å². The van der Waals surface area contributed by atoms with E-state index in [1.807, 2.05) is 30.3 Å². The Hall–Kier alpha value is -3.23. The first-order chi connectivity index (χ1) is 14.1. The third-order valence-corrected chi connectivity index (χ3v) is 4.49. The average Bonchev–Trinajstić information content (AvgIpc) is 3.28. The normalized spacial score (nSPS) is 23.7. The predicted molar refractivity (Wildman–Crippen MR) is 102 cm³/mol. The number of hydrogen-bond acceptors (Lipinski definition) is 9. The molecule has 0 spiro atoms. The lowest BCUT2D eigenvalue weighted by Crippen LogP contribution is -2.33. The number of ether oxygens (including phenoxy) is 2. The minimum absolute atomic E-state index is 0.119. The van der Waals surface area contributed by atoms with Crippen molar-refractivity contribution in [2.24, 2.45) is 0 Å². The Morgan fingerprint density at radius 1 is 1.17 bits per heavy atom. The second-order valence-electron chi connectivity index (χ2n) is 6.39. The molecule has 1 saturated heterocycles. The van der Waals surface area contributed by atoms with Crippen molar-refractivity contribution in [3.63, 3.8) is 0 Å². The molecule has 29 heavy (non-hydrogen) atoms. The molecule has 0 bridgehead atoms. The van der Waals surface area contributed by atoms with Gasteiger partial charge in [0.05, 0.1) is 12.9 Å². The summed E-state index contributed by atoms with van der Waals surface area (Å²) in [6, 6.07) is 9.25. The fourth-order valence-electron chi connectivity index (χ4n) is 3.04. The highest BCUT2D eigenvalue weighted by molar-refractivity contribution is 5.82. The smallest absolute Gasteiger partial charge is 0.209 e. The second kappa shape index (κ2) is 8.02. The van der Waals surface area contributed by atoms with Crippen LogP contribution in [-0.2, 0) is 4.74 Å². The number of aliphatic hydroxyl groups is 3. The lowest BCUT2D eigenvalue weighted by molar-refractivity contribution is -0.0511. The molecule has 4 rings (SSSR count). The van der Waals surface area contributed by atoms with Crippen molar-refractivity contribution < 1.29 is 24.8 Å². The van der Waals surface area contributed by atoms with E-state index in [4.69, 9.17) is 15.2 Å². The molecular weight excluding hydrogens is 378 g/mol. The Balaban J connectivity index is 1.58. The highest BCUT2D eigenvalue weighted by Gasteiger charge is 2.44. The van der Waals surface area contributed by atoms with Gasteiger partial charge in [-0.05, 0) is 18.1 Å². The lowest BCUT2D eigenvalue weighted by Gasteiger charge is -2.16. The molecular formula is C19H19N5O5. The third kappa shape index (κ3) is 3.72. The van der Waals surface area contributed by atoms with Gasteiger partial charge in [0.25, 0.3) is 0 Å². The fourth-order valence-corrected chi connectivity index (χ4v) is 3.04. The van der Waals surface area contributed by atoms with Gasteiger partial charge in [-0.1, -0.05) is 24.1 Å². The van der Waals surface area contributed by atoms with Crippen LogP contribution in [0, 0.1) is 11.8 Å². The van der Waals surface area contributed by atoms with E-state index in [2.05, 4.69) is 26.8 Å². The van der Waals surface area contributed by atoms with E-state index in [0.717, 1.165) is 0 Å². The molecule has 10 nitrogen and oxygen atoms in total. The molecule has 4 atom stereocenters. The van der Waals surface area contributed by atoms with Gasteiger partial charge in [-0.2, -0.15) is 0 Å². The first-order valence-corrected chi connectivity index (χ1v) is 8.87. The standard InChI is InChI=1S/C19H19N5O5/c20-17-14-18(24(10-21-14)19-16(27)15(26)12(9-25)29-19)23-13(22-17)7-4-8-28-11-5-2-1-3-6-11/h1-3,5-6,10,12,15-16,19,25-27H,8-9H2,(H2,20,22,23). The number of rotatable bonds is 4. The van der Waals surface area contributed by atoms with Crippen molar-refractivity contribution in [2.75, 3.05) is 18.9 Å². The van der Waals surface area contributed by atoms with Crippen LogP contribution in [0.1, 0.15) is 12.1 Å². The van der Waals surface area contributed by atoms with Crippen molar-refractivity contribution in [3.8, 4) is 17.6 Å². The van der Waals surface area contributed by atoms with Crippen molar-refractivity contribution >= 4 is 17.0 Å². The van der Waals surface area contributed by atoms with Crippen LogP contribution in [0.15, 0.2) is 36.7 Å². The lowest BCUT2D eigenvalue weighted by atomic mass is 10.1. The molecule has 1 aliphatic rings. The molecule has 1 aliphatic heterocycles. The molecule has 150 valence electrons. The van der Waals surface area contributed by atoms with Crippen molar-refractivity contribution in [3.05, 3.63) is 42.5 Å². The third-order valence-electron chi connectivity index (χ3n) is 4.49.